The minimum absolute atomic E-state index is 0.0318. The summed E-state index contributed by atoms with van der Waals surface area (Å²) in [5.74, 6) is 0.578. The lowest BCUT2D eigenvalue weighted by molar-refractivity contribution is -0.117. The molecular weight excluding hydrogens is 412 g/mol. The second kappa shape index (κ2) is 7.75. The van der Waals surface area contributed by atoms with Gasteiger partial charge >= 0.3 is 0 Å². The summed E-state index contributed by atoms with van der Waals surface area (Å²) in [7, 11) is 0. The molecule has 156 valence electrons. The number of fused-ring (bicyclic) bond motifs is 1. The largest absolute Gasteiger partial charge is 0.467 e. The van der Waals surface area contributed by atoms with E-state index in [4.69, 9.17) is 16.0 Å². The quantitative estimate of drug-likeness (QED) is 0.539. The zero-order valence-corrected chi connectivity index (χ0v) is 17.7. The van der Waals surface area contributed by atoms with E-state index < -0.39 is 6.04 Å². The predicted molar refractivity (Wildman–Crippen MR) is 120 cm³/mol. The topological polar surface area (TPSA) is 62.6 Å². The molecule has 0 fully saturated rings. The predicted octanol–water partition coefficient (Wildman–Crippen LogP) is 6.00. The molecule has 2 heterocycles. The van der Waals surface area contributed by atoms with E-state index in [-0.39, 0.29) is 17.6 Å². The van der Waals surface area contributed by atoms with Crippen molar-refractivity contribution in [2.24, 2.45) is 5.92 Å². The van der Waals surface area contributed by atoms with Gasteiger partial charge in [-0.3, -0.25) is 14.5 Å². The molecule has 0 saturated carbocycles. The van der Waals surface area contributed by atoms with Crippen molar-refractivity contribution in [3.63, 3.8) is 0 Å². The molecule has 1 aromatic heterocycles. The Labute approximate surface area is 185 Å². The number of benzene rings is 2. The maximum absolute atomic E-state index is 13.9. The molecule has 6 heteroatoms. The summed E-state index contributed by atoms with van der Waals surface area (Å²) in [6.45, 7) is 2.07. The molecule has 0 saturated heterocycles. The second-order valence-corrected chi connectivity index (χ2v) is 8.51. The van der Waals surface area contributed by atoms with Gasteiger partial charge in [-0.1, -0.05) is 30.7 Å². The Balaban J connectivity index is 1.76. The number of nitrogens with zero attached hydrogens (tertiary/aromatic N) is 1. The molecule has 1 aliphatic heterocycles. The summed E-state index contributed by atoms with van der Waals surface area (Å²) in [6, 6.07) is 17.3. The molecule has 0 bridgehead atoms. The van der Waals surface area contributed by atoms with Crippen LogP contribution < -0.4 is 10.2 Å². The van der Waals surface area contributed by atoms with E-state index in [1.54, 1.807) is 41.5 Å². The fraction of sp³-hybridized carbons (Fsp3) is 0.200. The number of anilines is 2. The van der Waals surface area contributed by atoms with Gasteiger partial charge in [0.1, 0.15) is 11.8 Å². The van der Waals surface area contributed by atoms with E-state index in [0.717, 1.165) is 17.8 Å². The van der Waals surface area contributed by atoms with Gasteiger partial charge in [-0.2, -0.15) is 0 Å². The number of furan rings is 1. The summed E-state index contributed by atoms with van der Waals surface area (Å²) >= 11 is 6.04. The standard InChI is InChI=1S/C25H21ClN2O3/c1-15-13-19-23(21(29)14-15)24(22-7-4-12-31-22)28(20-6-3-2-5-18(20)27-19)25(30)16-8-10-17(26)11-9-16/h2-12,15,24,27H,13-14H2,1H3/t15-,24+/m1/s1. The number of para-hydroxylation sites is 2. The fourth-order valence-electron chi connectivity index (χ4n) is 4.46. The van der Waals surface area contributed by atoms with E-state index in [1.165, 1.54) is 0 Å². The zero-order chi connectivity index (χ0) is 21.5. The molecule has 2 atom stereocenters. The van der Waals surface area contributed by atoms with E-state index in [1.807, 2.05) is 30.3 Å². The summed E-state index contributed by atoms with van der Waals surface area (Å²) < 4.78 is 5.77. The number of hydrogen-bond donors (Lipinski definition) is 1. The average molecular weight is 433 g/mol. The molecule has 0 spiro atoms. The van der Waals surface area contributed by atoms with Crippen molar-refractivity contribution in [2.45, 2.75) is 25.8 Å². The molecule has 5 rings (SSSR count). The van der Waals surface area contributed by atoms with Crippen LogP contribution in [0.15, 0.2) is 82.6 Å². The normalized spacial score (nSPS) is 20.6. The van der Waals surface area contributed by atoms with Crippen LogP contribution >= 0.6 is 11.6 Å². The van der Waals surface area contributed by atoms with Gasteiger partial charge in [0.25, 0.3) is 5.91 Å². The van der Waals surface area contributed by atoms with Crippen LogP contribution in [0.2, 0.25) is 5.02 Å². The maximum atomic E-state index is 13.9. The number of hydrogen-bond acceptors (Lipinski definition) is 4. The van der Waals surface area contributed by atoms with Gasteiger partial charge in [0.2, 0.25) is 0 Å². The van der Waals surface area contributed by atoms with Crippen LogP contribution in [0.4, 0.5) is 11.4 Å². The summed E-state index contributed by atoms with van der Waals surface area (Å²) in [5, 5.41) is 4.02. The van der Waals surface area contributed by atoms with Crippen molar-refractivity contribution in [1.82, 2.24) is 0 Å². The van der Waals surface area contributed by atoms with Gasteiger partial charge in [0.15, 0.2) is 5.78 Å². The third-order valence-corrected chi connectivity index (χ3v) is 6.07. The molecule has 1 amide bonds. The summed E-state index contributed by atoms with van der Waals surface area (Å²) in [6.07, 6.45) is 2.74. The Morgan fingerprint density at radius 3 is 2.58 bits per heavy atom. The fourth-order valence-corrected chi connectivity index (χ4v) is 4.58. The second-order valence-electron chi connectivity index (χ2n) is 8.07. The van der Waals surface area contributed by atoms with Gasteiger partial charge in [-0.05, 0) is 60.9 Å². The van der Waals surface area contributed by atoms with E-state index in [0.29, 0.717) is 34.0 Å². The van der Waals surface area contributed by atoms with Crippen LogP contribution in [-0.2, 0) is 4.79 Å². The highest BCUT2D eigenvalue weighted by atomic mass is 35.5. The lowest BCUT2D eigenvalue weighted by Gasteiger charge is -2.33. The first-order valence-electron chi connectivity index (χ1n) is 10.3. The molecule has 31 heavy (non-hydrogen) atoms. The summed E-state index contributed by atoms with van der Waals surface area (Å²) in [5.41, 5.74) is 3.40. The molecule has 0 radical (unpaired) electrons. The Kier molecular flexibility index (Phi) is 4.91. The average Bonchev–Trinajstić information content (AvgIpc) is 3.23. The van der Waals surface area contributed by atoms with E-state index >= 15 is 0 Å². The number of nitrogens with one attached hydrogen (secondary N) is 1. The van der Waals surface area contributed by atoms with Crippen LogP contribution in [0.1, 0.15) is 41.9 Å². The van der Waals surface area contributed by atoms with Gasteiger partial charge in [0, 0.05) is 28.3 Å². The number of carbonyl (C=O) groups excluding carboxylic acids is 2. The van der Waals surface area contributed by atoms with Gasteiger partial charge in [-0.25, -0.2) is 0 Å². The third kappa shape index (κ3) is 3.45. The number of halogens is 1. The number of allylic oxidation sites excluding steroid dienone is 1. The number of ketones is 1. The highest BCUT2D eigenvalue weighted by molar-refractivity contribution is 6.30. The van der Waals surface area contributed by atoms with E-state index in [2.05, 4.69) is 12.2 Å². The molecule has 2 aromatic carbocycles. The molecule has 3 aromatic rings. The molecule has 5 nitrogen and oxygen atoms in total. The monoisotopic (exact) mass is 432 g/mol. The number of rotatable bonds is 2. The van der Waals surface area contributed by atoms with E-state index in [9.17, 15) is 9.59 Å². The first-order valence-corrected chi connectivity index (χ1v) is 10.7. The third-order valence-electron chi connectivity index (χ3n) is 5.82. The summed E-state index contributed by atoms with van der Waals surface area (Å²) in [4.78, 5) is 28.8. The molecular formula is C25H21ClN2O3. The highest BCUT2D eigenvalue weighted by Gasteiger charge is 2.42. The lowest BCUT2D eigenvalue weighted by Crippen LogP contribution is -2.38. The van der Waals surface area contributed by atoms with Crippen LogP contribution in [0, 0.1) is 5.92 Å². The first-order chi connectivity index (χ1) is 15.0. The lowest BCUT2D eigenvalue weighted by atomic mass is 9.83. The van der Waals surface area contributed by atoms with Gasteiger partial charge < -0.3 is 9.73 Å². The van der Waals surface area contributed by atoms with Crippen LogP contribution in [-0.4, -0.2) is 11.7 Å². The zero-order valence-electron chi connectivity index (χ0n) is 17.0. The number of Topliss-reactive ketones (excluding diaryl/α,β-unsaturated/α-hetero) is 1. The van der Waals surface area contributed by atoms with Crippen molar-refractivity contribution in [3.8, 4) is 0 Å². The van der Waals surface area contributed by atoms with Crippen molar-refractivity contribution in [3.05, 3.63) is 94.5 Å². The highest BCUT2D eigenvalue weighted by Crippen LogP contribution is 2.46. The van der Waals surface area contributed by atoms with Crippen LogP contribution in [0.5, 0.6) is 0 Å². The molecule has 2 aliphatic rings. The Hall–Kier alpha value is -3.31. The number of carbonyl (C=O) groups is 2. The van der Waals surface area contributed by atoms with Gasteiger partial charge in [0.05, 0.1) is 17.6 Å². The first kappa shape index (κ1) is 19.6. The van der Waals surface area contributed by atoms with Crippen molar-refractivity contribution >= 4 is 34.7 Å². The molecule has 1 N–H and O–H groups in total. The van der Waals surface area contributed by atoms with Crippen molar-refractivity contribution in [2.75, 3.05) is 10.2 Å². The van der Waals surface area contributed by atoms with Crippen LogP contribution in [0.25, 0.3) is 0 Å². The van der Waals surface area contributed by atoms with Crippen molar-refractivity contribution in [1.29, 1.82) is 0 Å². The molecule has 1 aliphatic carbocycles. The number of amides is 1. The maximum Gasteiger partial charge on any atom is 0.259 e. The Morgan fingerprint density at radius 2 is 1.84 bits per heavy atom. The Bertz CT molecular complexity index is 1180. The molecule has 0 unspecified atom stereocenters. The minimum atomic E-state index is -0.663. The van der Waals surface area contributed by atoms with Crippen molar-refractivity contribution < 1.29 is 14.0 Å². The Morgan fingerprint density at radius 1 is 1.06 bits per heavy atom. The van der Waals surface area contributed by atoms with Gasteiger partial charge in [-0.15, -0.1) is 0 Å². The smallest absolute Gasteiger partial charge is 0.259 e. The SMILES string of the molecule is C[C@H]1CC(=O)C2=C(C1)Nc1ccccc1N(C(=O)c1ccc(Cl)cc1)[C@H]2c1ccco1. The minimum Gasteiger partial charge on any atom is -0.467 e. The van der Waals surface area contributed by atoms with Crippen LogP contribution in [0.3, 0.4) is 0 Å².